The molecule has 2 aromatic heterocycles. The molecule has 0 bridgehead atoms. The second-order valence-electron chi connectivity index (χ2n) is 14.4. The summed E-state index contributed by atoms with van der Waals surface area (Å²) in [5, 5.41) is 11.7. The molecule has 5 rings (SSSR count). The average molecular weight is 775 g/mol. The minimum atomic E-state index is -0.964. The van der Waals surface area contributed by atoms with Crippen LogP contribution < -0.4 is 21.3 Å². The number of amides is 3. The first-order valence-corrected chi connectivity index (χ1v) is 18.6. The lowest BCUT2D eigenvalue weighted by molar-refractivity contribution is -0.336. The molecule has 1 saturated heterocycles. The van der Waals surface area contributed by atoms with Gasteiger partial charge in [0.25, 0.3) is 0 Å². The van der Waals surface area contributed by atoms with E-state index in [4.69, 9.17) is 23.7 Å². The summed E-state index contributed by atoms with van der Waals surface area (Å²) < 4.78 is 26.0. The molecule has 56 heavy (non-hydrogen) atoms. The first-order valence-electron chi connectivity index (χ1n) is 18.6. The van der Waals surface area contributed by atoms with E-state index in [1.165, 1.54) is 14.2 Å². The van der Waals surface area contributed by atoms with Crippen LogP contribution in [0.3, 0.4) is 0 Å². The Labute approximate surface area is 327 Å². The zero-order valence-corrected chi connectivity index (χ0v) is 33.3. The summed E-state index contributed by atoms with van der Waals surface area (Å²) in [6.07, 6.45) is 1.11. The number of aromatic amines is 2. The molecule has 3 heterocycles. The van der Waals surface area contributed by atoms with Gasteiger partial charge in [-0.15, -0.1) is 0 Å². The maximum Gasteiger partial charge on any atom is 0.407 e. The monoisotopic (exact) mass is 774 g/mol. The fourth-order valence-electron chi connectivity index (χ4n) is 6.21. The largest absolute Gasteiger partial charge is 0.453 e. The van der Waals surface area contributed by atoms with E-state index in [1.807, 2.05) is 71.0 Å². The van der Waals surface area contributed by atoms with Crippen molar-refractivity contribution in [2.75, 3.05) is 28.1 Å². The Morgan fingerprint density at radius 1 is 0.643 bits per heavy atom. The molecule has 0 aliphatic carbocycles. The summed E-state index contributed by atoms with van der Waals surface area (Å²) in [6, 6.07) is 13.8. The van der Waals surface area contributed by atoms with Gasteiger partial charge in [-0.3, -0.25) is 14.9 Å². The second kappa shape index (κ2) is 19.1. The van der Waals surface area contributed by atoms with Crippen molar-refractivity contribution in [3.63, 3.8) is 0 Å². The lowest BCUT2D eigenvalue weighted by Gasteiger charge is -2.33. The fraction of sp³-hybridized carbons (Fsp3) is 0.475. The van der Waals surface area contributed by atoms with Crippen LogP contribution in [0.5, 0.6) is 0 Å². The lowest BCUT2D eigenvalue weighted by Crippen LogP contribution is -2.58. The number of aromatic nitrogens is 4. The molecule has 4 aromatic rings. The third-order valence-electron chi connectivity index (χ3n) is 9.89. The molecule has 0 spiro atoms. The van der Waals surface area contributed by atoms with Gasteiger partial charge >= 0.3 is 6.09 Å². The van der Waals surface area contributed by atoms with E-state index >= 15 is 0 Å². The van der Waals surface area contributed by atoms with E-state index in [0.29, 0.717) is 11.6 Å². The van der Waals surface area contributed by atoms with E-state index in [9.17, 15) is 14.4 Å². The summed E-state index contributed by atoms with van der Waals surface area (Å²) in [4.78, 5) is 54.6. The van der Waals surface area contributed by atoms with Crippen molar-refractivity contribution in [3.8, 4) is 33.6 Å². The number of ether oxygens (including phenoxy) is 5. The number of nitrogens with zero attached hydrogens (tertiary/aromatic N) is 2. The smallest absolute Gasteiger partial charge is 0.407 e. The topological polar surface area (TPSA) is 203 Å². The van der Waals surface area contributed by atoms with Gasteiger partial charge in [0.05, 0.1) is 55.2 Å². The molecule has 16 nitrogen and oxygen atoms in total. The highest BCUT2D eigenvalue weighted by atomic mass is 16.9. The van der Waals surface area contributed by atoms with E-state index in [2.05, 4.69) is 53.3 Å². The number of rotatable bonds is 18. The van der Waals surface area contributed by atoms with Crippen molar-refractivity contribution in [1.82, 2.24) is 41.2 Å². The van der Waals surface area contributed by atoms with Crippen molar-refractivity contribution in [1.29, 1.82) is 0 Å². The fourth-order valence-corrected chi connectivity index (χ4v) is 6.21. The van der Waals surface area contributed by atoms with Crippen molar-refractivity contribution in [2.24, 2.45) is 11.8 Å². The van der Waals surface area contributed by atoms with E-state index in [-0.39, 0.29) is 30.6 Å². The maximum absolute atomic E-state index is 13.4. The highest BCUT2D eigenvalue weighted by Gasteiger charge is 2.34. The van der Waals surface area contributed by atoms with Gasteiger partial charge in [0, 0.05) is 14.2 Å². The van der Waals surface area contributed by atoms with Crippen LogP contribution in [0.15, 0.2) is 60.9 Å². The van der Waals surface area contributed by atoms with Crippen molar-refractivity contribution in [2.45, 2.75) is 84.3 Å². The van der Waals surface area contributed by atoms with Gasteiger partial charge < -0.3 is 49.6 Å². The Bertz CT molecular complexity index is 1890. The van der Waals surface area contributed by atoms with Crippen molar-refractivity contribution < 1.29 is 38.1 Å². The van der Waals surface area contributed by atoms with Gasteiger partial charge in [-0.25, -0.2) is 14.8 Å². The number of hydrogen-bond acceptors (Lipinski definition) is 11. The van der Waals surface area contributed by atoms with Crippen LogP contribution in [-0.4, -0.2) is 96.7 Å². The number of H-pyrrole nitrogens is 2. The molecule has 6 atom stereocenters. The quantitative estimate of drug-likeness (QED) is 0.0811. The number of alkyl carbamates (subject to hydrolysis) is 1. The average Bonchev–Trinajstić information content (AvgIpc) is 3.88. The molecular formula is C40H54N8O8. The third-order valence-corrected chi connectivity index (χ3v) is 9.89. The number of hydrogen-bond donors (Lipinski definition) is 6. The zero-order chi connectivity index (χ0) is 40.5. The Hall–Kier alpha value is -5.13. The molecule has 2 aromatic carbocycles. The van der Waals surface area contributed by atoms with Crippen LogP contribution in [0.2, 0.25) is 0 Å². The minimum absolute atomic E-state index is 0.0146. The number of benzene rings is 2. The van der Waals surface area contributed by atoms with Crippen LogP contribution in [0.4, 0.5) is 4.79 Å². The lowest BCUT2D eigenvalue weighted by atomic mass is 10.0. The maximum atomic E-state index is 13.4. The van der Waals surface area contributed by atoms with Crippen LogP contribution in [0, 0.1) is 11.8 Å². The van der Waals surface area contributed by atoms with Crippen LogP contribution in [-0.2, 0) is 33.3 Å². The molecule has 6 N–H and O–H groups in total. The van der Waals surface area contributed by atoms with E-state index in [0.717, 1.165) is 33.6 Å². The van der Waals surface area contributed by atoms with Gasteiger partial charge in [0.2, 0.25) is 18.2 Å². The third kappa shape index (κ3) is 10.2. The molecular weight excluding hydrogens is 720 g/mol. The number of carbonyl (C=O) groups is 3. The van der Waals surface area contributed by atoms with E-state index in [1.54, 1.807) is 26.4 Å². The molecule has 302 valence electrons. The standard InChI is InChI=1S/C40H54N8O8/c1-21(2)31(45-37(49)33(23(5)52-7)47-39(51)54-9)35-41-18-29(43-35)27-14-10-25(11-15-27)26-12-16-28(17-13-26)30-19-42-36(44-30)32(22(3)4)46-38(50)34(24(6)53-8)48-40-55-20-56-40/h10-19,21-24,31-34,40,48H,20H2,1-9H3,(H,41,43)(H,42,44)(H,45,49)(H,46,50)(H,47,51)/t23-,24-,31+,32+,33+,34+/m1/s1. The minimum Gasteiger partial charge on any atom is -0.453 e. The second-order valence-corrected chi connectivity index (χ2v) is 14.4. The summed E-state index contributed by atoms with van der Waals surface area (Å²) in [7, 11) is 4.26. The first kappa shape index (κ1) is 42.0. The van der Waals surface area contributed by atoms with Crippen LogP contribution in [0.25, 0.3) is 33.6 Å². The SMILES string of the molecule is COC(=O)N[C@H](C(=O)N[C@H](c1ncc(-c2ccc(-c3ccc(-c4cnc([C@@H](NC(=O)[C@@H](NC5OCO5)[C@@H](C)OC)C(C)C)[nH]4)cc3)cc2)[nH]1)C(C)C)[C@@H](C)OC. The summed E-state index contributed by atoms with van der Waals surface area (Å²) >= 11 is 0. The van der Waals surface area contributed by atoms with Crippen molar-refractivity contribution >= 4 is 17.9 Å². The normalized spacial score (nSPS) is 16.3. The van der Waals surface area contributed by atoms with Crippen LogP contribution in [0.1, 0.15) is 65.3 Å². The van der Waals surface area contributed by atoms with E-state index < -0.39 is 48.7 Å². The molecule has 0 unspecified atom stereocenters. The molecule has 0 saturated carbocycles. The summed E-state index contributed by atoms with van der Waals surface area (Å²) in [6.45, 7) is 11.7. The van der Waals surface area contributed by atoms with Gasteiger partial charge in [0.15, 0.2) is 6.79 Å². The molecule has 16 heteroatoms. The predicted octanol–water partition coefficient (Wildman–Crippen LogP) is 4.80. The number of carbonyl (C=O) groups excluding carboxylic acids is 3. The molecule has 0 radical (unpaired) electrons. The van der Waals surface area contributed by atoms with Gasteiger partial charge in [-0.05, 0) is 47.9 Å². The molecule has 1 aliphatic rings. The number of imidazole rings is 2. The van der Waals surface area contributed by atoms with Gasteiger partial charge in [-0.1, -0.05) is 76.2 Å². The van der Waals surface area contributed by atoms with Crippen molar-refractivity contribution in [3.05, 3.63) is 72.6 Å². The first-order chi connectivity index (χ1) is 26.8. The Kier molecular flexibility index (Phi) is 14.4. The van der Waals surface area contributed by atoms with Crippen LogP contribution >= 0.6 is 0 Å². The molecule has 1 fully saturated rings. The number of methoxy groups -OCH3 is 3. The van der Waals surface area contributed by atoms with Gasteiger partial charge in [-0.2, -0.15) is 0 Å². The van der Waals surface area contributed by atoms with Gasteiger partial charge in [0.1, 0.15) is 23.7 Å². The Morgan fingerprint density at radius 3 is 1.43 bits per heavy atom. The summed E-state index contributed by atoms with van der Waals surface area (Å²) in [5.41, 5.74) is 5.56. The number of nitrogens with one attached hydrogen (secondary N) is 6. The zero-order valence-electron chi connectivity index (χ0n) is 33.3. The highest BCUT2D eigenvalue weighted by molar-refractivity contribution is 5.86. The highest BCUT2D eigenvalue weighted by Crippen LogP contribution is 2.29. The Balaban J connectivity index is 1.24. The molecule has 1 aliphatic heterocycles. The Morgan fingerprint density at radius 2 is 1.05 bits per heavy atom. The predicted molar refractivity (Wildman–Crippen MR) is 209 cm³/mol. The molecule has 3 amide bonds. The summed E-state index contributed by atoms with van der Waals surface area (Å²) in [5.74, 6) is 0.596.